The van der Waals surface area contributed by atoms with E-state index in [1.165, 1.54) is 12.1 Å². The van der Waals surface area contributed by atoms with Crippen LogP contribution in [0.3, 0.4) is 0 Å². The molecule has 2 aromatic carbocycles. The van der Waals surface area contributed by atoms with Gasteiger partial charge < -0.3 is 30.7 Å². The molecular formula is C40H56N4O7. The van der Waals surface area contributed by atoms with Crippen molar-refractivity contribution in [1.29, 1.82) is 0 Å². The summed E-state index contributed by atoms with van der Waals surface area (Å²) in [6.45, 7) is 15.6. The molecule has 0 radical (unpaired) electrons. The normalized spacial score (nSPS) is 16.1. The molecule has 0 saturated carbocycles. The average Bonchev–Trinajstić information content (AvgIpc) is 3.06. The van der Waals surface area contributed by atoms with Crippen LogP contribution in [0, 0.1) is 24.7 Å². The topological polar surface area (TPSA) is 154 Å². The van der Waals surface area contributed by atoms with Gasteiger partial charge in [0.15, 0.2) is 0 Å². The smallest absolute Gasteiger partial charge is 0.330 e. The zero-order valence-corrected chi connectivity index (χ0v) is 31.3. The molecular weight excluding hydrogens is 648 g/mol. The second kappa shape index (κ2) is 19.1. The van der Waals surface area contributed by atoms with Gasteiger partial charge >= 0.3 is 5.97 Å². The fourth-order valence-corrected chi connectivity index (χ4v) is 6.29. The fraction of sp³-hybridized carbons (Fsp3) is 0.525. The lowest BCUT2D eigenvalue weighted by Gasteiger charge is -2.38. The Kier molecular flexibility index (Phi) is 15.2. The van der Waals surface area contributed by atoms with E-state index in [2.05, 4.69) is 16.0 Å². The highest BCUT2D eigenvalue weighted by atomic mass is 16.5. The van der Waals surface area contributed by atoms with Gasteiger partial charge in [-0.3, -0.25) is 19.2 Å². The molecule has 51 heavy (non-hydrogen) atoms. The Bertz CT molecular complexity index is 1570. The summed E-state index contributed by atoms with van der Waals surface area (Å²) in [5.74, 6) is -2.22. The van der Waals surface area contributed by atoms with Gasteiger partial charge in [0.2, 0.25) is 17.7 Å². The summed E-state index contributed by atoms with van der Waals surface area (Å²) in [5.41, 5.74) is 2.71. The van der Waals surface area contributed by atoms with Crippen LogP contribution in [-0.4, -0.2) is 70.4 Å². The molecule has 0 unspecified atom stereocenters. The van der Waals surface area contributed by atoms with Gasteiger partial charge in [-0.25, -0.2) is 4.79 Å². The number of hydrogen-bond acceptors (Lipinski definition) is 7. The summed E-state index contributed by atoms with van der Waals surface area (Å²) in [6.07, 6.45) is 4.50. The summed E-state index contributed by atoms with van der Waals surface area (Å²) < 4.78 is 5.08. The third-order valence-corrected chi connectivity index (χ3v) is 8.85. The Morgan fingerprint density at radius 3 is 1.94 bits per heavy atom. The minimum absolute atomic E-state index is 0.0179. The average molecular weight is 705 g/mol. The number of hydrogen-bond donors (Lipinski definition) is 4. The van der Waals surface area contributed by atoms with E-state index in [4.69, 9.17) is 4.74 Å². The van der Waals surface area contributed by atoms with Crippen molar-refractivity contribution < 1.29 is 33.8 Å². The number of rotatable bonds is 16. The number of ether oxygens (including phenoxy) is 1. The van der Waals surface area contributed by atoms with E-state index in [-0.39, 0.29) is 41.6 Å². The van der Waals surface area contributed by atoms with Crippen molar-refractivity contribution in [2.45, 2.75) is 112 Å². The Morgan fingerprint density at radius 1 is 0.804 bits per heavy atom. The number of fused-ring (bicyclic) bond motifs is 1. The van der Waals surface area contributed by atoms with E-state index in [1.807, 2.05) is 65.8 Å². The van der Waals surface area contributed by atoms with Gasteiger partial charge in [0.25, 0.3) is 5.91 Å². The van der Waals surface area contributed by atoms with Crippen LogP contribution in [0.25, 0.3) is 0 Å². The lowest BCUT2D eigenvalue weighted by atomic mass is 9.92. The standard InChI is InChI=1S/C40H56N4O7/c1-9-51-36(46)18-17-30-22-28-13-10-11-14-29(28)23-44(30)40(50)34(21-26(6)7)43-39(49)33(20-25(4)5)42-38(48)32(19-24(2)3)41-37(47)31-15-12-16-35(45)27(31)8/h10-18,24-26,30,32-34,45H,9,19-23H2,1-8H3,(H,41,47)(H,42,48)(H,43,49)/b18-17+/t30-,32-,33-,34-/m0/s1. The van der Waals surface area contributed by atoms with E-state index < -0.39 is 47.9 Å². The SMILES string of the molecule is CCOC(=O)/C=C/[C@H]1Cc2ccccc2CN1C(=O)[C@H](CC(C)C)NC(=O)[C@H](CC(C)C)NC(=O)[C@H](CC(C)C)NC(=O)c1cccc(O)c1C. The molecule has 278 valence electrons. The lowest BCUT2D eigenvalue weighted by molar-refractivity contribution is -0.140. The Balaban J connectivity index is 1.87. The minimum Gasteiger partial charge on any atom is -0.508 e. The molecule has 4 amide bonds. The van der Waals surface area contributed by atoms with Crippen LogP contribution in [0.1, 0.15) is 94.8 Å². The van der Waals surface area contributed by atoms with E-state index in [0.29, 0.717) is 37.8 Å². The molecule has 2 aromatic rings. The molecule has 4 atom stereocenters. The monoisotopic (exact) mass is 704 g/mol. The minimum atomic E-state index is -0.976. The number of amides is 4. The maximum Gasteiger partial charge on any atom is 0.330 e. The summed E-state index contributed by atoms with van der Waals surface area (Å²) in [4.78, 5) is 69.4. The molecule has 11 heteroatoms. The summed E-state index contributed by atoms with van der Waals surface area (Å²) in [7, 11) is 0. The highest BCUT2D eigenvalue weighted by Gasteiger charge is 2.36. The van der Waals surface area contributed by atoms with Gasteiger partial charge in [0.05, 0.1) is 12.6 Å². The number of carbonyl (C=O) groups is 5. The molecule has 0 bridgehead atoms. The molecule has 0 fully saturated rings. The Morgan fingerprint density at radius 2 is 1.35 bits per heavy atom. The fourth-order valence-electron chi connectivity index (χ4n) is 6.29. The van der Waals surface area contributed by atoms with E-state index in [9.17, 15) is 29.1 Å². The van der Waals surface area contributed by atoms with Crippen LogP contribution in [-0.2, 0) is 36.9 Å². The third-order valence-electron chi connectivity index (χ3n) is 8.85. The van der Waals surface area contributed by atoms with Crippen molar-refractivity contribution in [1.82, 2.24) is 20.9 Å². The highest BCUT2D eigenvalue weighted by molar-refractivity contribution is 6.00. The van der Waals surface area contributed by atoms with Crippen LogP contribution in [0.15, 0.2) is 54.6 Å². The molecule has 0 aliphatic carbocycles. The number of nitrogens with one attached hydrogen (secondary N) is 3. The first-order valence-electron chi connectivity index (χ1n) is 18.0. The van der Waals surface area contributed by atoms with Crippen molar-refractivity contribution in [2.75, 3.05) is 6.61 Å². The first-order chi connectivity index (χ1) is 24.1. The maximum atomic E-state index is 14.4. The van der Waals surface area contributed by atoms with Crippen LogP contribution in [0.4, 0.5) is 0 Å². The van der Waals surface area contributed by atoms with Crippen molar-refractivity contribution in [2.24, 2.45) is 17.8 Å². The van der Waals surface area contributed by atoms with Gasteiger partial charge in [-0.1, -0.05) is 78.0 Å². The highest BCUT2D eigenvalue weighted by Crippen LogP contribution is 2.26. The molecule has 0 saturated heterocycles. The molecule has 1 aliphatic rings. The number of benzene rings is 2. The molecule has 4 N–H and O–H groups in total. The van der Waals surface area contributed by atoms with E-state index >= 15 is 0 Å². The second-order valence-electron chi connectivity index (χ2n) is 14.6. The number of phenols is 1. The summed E-state index contributed by atoms with van der Waals surface area (Å²) in [6, 6.07) is 9.21. The molecule has 1 heterocycles. The molecule has 3 rings (SSSR count). The van der Waals surface area contributed by atoms with Crippen LogP contribution >= 0.6 is 0 Å². The third kappa shape index (κ3) is 12.0. The predicted octanol–water partition coefficient (Wildman–Crippen LogP) is 4.98. The van der Waals surface area contributed by atoms with Gasteiger partial charge in [0.1, 0.15) is 23.9 Å². The van der Waals surface area contributed by atoms with Crippen molar-refractivity contribution in [3.63, 3.8) is 0 Å². The summed E-state index contributed by atoms with van der Waals surface area (Å²) >= 11 is 0. The number of esters is 1. The van der Waals surface area contributed by atoms with Crippen LogP contribution < -0.4 is 16.0 Å². The molecule has 0 aromatic heterocycles. The second-order valence-corrected chi connectivity index (χ2v) is 14.6. The van der Waals surface area contributed by atoms with Gasteiger partial charge in [0, 0.05) is 23.7 Å². The predicted molar refractivity (Wildman–Crippen MR) is 197 cm³/mol. The van der Waals surface area contributed by atoms with Gasteiger partial charge in [-0.15, -0.1) is 0 Å². The molecule has 0 spiro atoms. The largest absolute Gasteiger partial charge is 0.508 e. The first kappa shape index (κ1) is 40.8. The number of carbonyl (C=O) groups excluding carboxylic acids is 5. The number of nitrogens with zero attached hydrogens (tertiary/aromatic N) is 1. The van der Waals surface area contributed by atoms with E-state index in [1.54, 1.807) is 37.0 Å². The first-order valence-corrected chi connectivity index (χ1v) is 18.0. The lowest BCUT2D eigenvalue weighted by Crippen LogP contribution is -2.58. The molecule has 1 aliphatic heterocycles. The quantitative estimate of drug-likeness (QED) is 0.142. The van der Waals surface area contributed by atoms with E-state index in [0.717, 1.165) is 11.1 Å². The number of aromatic hydroxyl groups is 1. The van der Waals surface area contributed by atoms with Crippen molar-refractivity contribution in [3.8, 4) is 5.75 Å². The van der Waals surface area contributed by atoms with Crippen LogP contribution in [0.5, 0.6) is 5.75 Å². The number of phenolic OH excluding ortho intramolecular Hbond substituents is 1. The van der Waals surface area contributed by atoms with Gasteiger partial charge in [-0.2, -0.15) is 0 Å². The van der Waals surface area contributed by atoms with Crippen LogP contribution in [0.2, 0.25) is 0 Å². The zero-order valence-electron chi connectivity index (χ0n) is 31.3. The Hall–Kier alpha value is -4.67. The zero-order chi connectivity index (χ0) is 37.8. The van der Waals surface area contributed by atoms with Crippen molar-refractivity contribution >= 4 is 29.6 Å². The van der Waals surface area contributed by atoms with Gasteiger partial charge in [-0.05, 0) is 80.5 Å². The summed E-state index contributed by atoms with van der Waals surface area (Å²) in [5, 5.41) is 18.8. The maximum absolute atomic E-state index is 14.4. The molecule has 11 nitrogen and oxygen atoms in total. The van der Waals surface area contributed by atoms with Crippen molar-refractivity contribution in [3.05, 3.63) is 76.9 Å². The Labute approximate surface area is 302 Å².